The van der Waals surface area contributed by atoms with E-state index in [4.69, 9.17) is 4.74 Å². The summed E-state index contributed by atoms with van der Waals surface area (Å²) in [5.41, 5.74) is 3.00. The first kappa shape index (κ1) is 22.4. The molecule has 2 N–H and O–H groups in total. The number of ether oxygens (including phenoxy) is 1. The predicted octanol–water partition coefficient (Wildman–Crippen LogP) is 5.08. The fourth-order valence-electron chi connectivity index (χ4n) is 3.37. The van der Waals surface area contributed by atoms with Crippen LogP contribution in [0, 0.1) is 6.92 Å². The number of aromatic nitrogens is 3. The molecular formula is C25H24N4O3S. The molecule has 0 bridgehead atoms. The molecule has 1 atom stereocenters. The second-order valence-corrected chi connectivity index (χ2v) is 8.70. The first-order chi connectivity index (χ1) is 16.0. The molecule has 0 saturated carbocycles. The SMILES string of the molecule is COc1ccccc1-n1c(SC(C)C(=O)Nc2ccccc2C)nnc1-c1ccccc1O. The summed E-state index contributed by atoms with van der Waals surface area (Å²) in [6.07, 6.45) is 0. The highest BCUT2D eigenvalue weighted by Crippen LogP contribution is 2.36. The van der Waals surface area contributed by atoms with Gasteiger partial charge >= 0.3 is 0 Å². The summed E-state index contributed by atoms with van der Waals surface area (Å²) in [4.78, 5) is 12.9. The van der Waals surface area contributed by atoms with Crippen LogP contribution in [-0.2, 0) is 4.79 Å². The summed E-state index contributed by atoms with van der Waals surface area (Å²) in [6.45, 7) is 3.77. The number of methoxy groups -OCH3 is 1. The lowest BCUT2D eigenvalue weighted by Crippen LogP contribution is -2.23. The first-order valence-electron chi connectivity index (χ1n) is 10.4. The fourth-order valence-corrected chi connectivity index (χ4v) is 4.23. The molecule has 168 valence electrons. The van der Waals surface area contributed by atoms with Crippen LogP contribution < -0.4 is 10.1 Å². The van der Waals surface area contributed by atoms with Crippen molar-refractivity contribution in [2.24, 2.45) is 0 Å². The monoisotopic (exact) mass is 460 g/mol. The van der Waals surface area contributed by atoms with Gasteiger partial charge in [-0.05, 0) is 49.7 Å². The van der Waals surface area contributed by atoms with E-state index in [9.17, 15) is 9.90 Å². The van der Waals surface area contributed by atoms with Crippen molar-refractivity contribution >= 4 is 23.4 Å². The predicted molar refractivity (Wildman–Crippen MR) is 130 cm³/mol. The molecule has 1 aromatic heterocycles. The lowest BCUT2D eigenvalue weighted by molar-refractivity contribution is -0.115. The Morgan fingerprint density at radius 2 is 1.73 bits per heavy atom. The Bertz CT molecular complexity index is 1290. The van der Waals surface area contributed by atoms with Crippen LogP contribution in [0.25, 0.3) is 17.1 Å². The zero-order valence-corrected chi connectivity index (χ0v) is 19.3. The van der Waals surface area contributed by atoms with Gasteiger partial charge in [0, 0.05) is 5.69 Å². The third kappa shape index (κ3) is 4.70. The Morgan fingerprint density at radius 3 is 2.48 bits per heavy atom. The lowest BCUT2D eigenvalue weighted by Gasteiger charge is -2.16. The van der Waals surface area contributed by atoms with Gasteiger partial charge in [-0.25, -0.2) is 0 Å². The second kappa shape index (κ2) is 9.79. The number of carbonyl (C=O) groups is 1. The molecule has 0 radical (unpaired) electrons. The van der Waals surface area contributed by atoms with Gasteiger partial charge in [0.2, 0.25) is 5.91 Å². The Hall–Kier alpha value is -3.78. The van der Waals surface area contributed by atoms with E-state index in [1.807, 2.05) is 68.4 Å². The Labute approximate surface area is 196 Å². The summed E-state index contributed by atoms with van der Waals surface area (Å²) in [7, 11) is 1.59. The molecule has 7 nitrogen and oxygen atoms in total. The highest BCUT2D eigenvalue weighted by atomic mass is 32.2. The minimum atomic E-state index is -0.459. The van der Waals surface area contributed by atoms with Crippen molar-refractivity contribution in [2.45, 2.75) is 24.3 Å². The van der Waals surface area contributed by atoms with E-state index in [2.05, 4.69) is 15.5 Å². The molecule has 0 aliphatic rings. The molecule has 33 heavy (non-hydrogen) atoms. The highest BCUT2D eigenvalue weighted by Gasteiger charge is 2.24. The van der Waals surface area contributed by atoms with E-state index in [0.717, 1.165) is 11.3 Å². The topological polar surface area (TPSA) is 89.3 Å². The number of aromatic hydroxyl groups is 1. The van der Waals surface area contributed by atoms with Crippen molar-refractivity contribution in [3.05, 3.63) is 78.4 Å². The van der Waals surface area contributed by atoms with Gasteiger partial charge < -0.3 is 15.2 Å². The third-order valence-electron chi connectivity index (χ3n) is 5.16. The average molecular weight is 461 g/mol. The van der Waals surface area contributed by atoms with Gasteiger partial charge in [-0.1, -0.05) is 54.2 Å². The smallest absolute Gasteiger partial charge is 0.237 e. The van der Waals surface area contributed by atoms with Gasteiger partial charge in [-0.15, -0.1) is 10.2 Å². The molecule has 4 aromatic rings. The van der Waals surface area contributed by atoms with Crippen molar-refractivity contribution in [2.75, 3.05) is 12.4 Å². The fraction of sp³-hybridized carbons (Fsp3) is 0.160. The molecule has 4 rings (SSSR count). The van der Waals surface area contributed by atoms with Crippen LogP contribution in [0.3, 0.4) is 0 Å². The van der Waals surface area contributed by atoms with Crippen molar-refractivity contribution in [3.63, 3.8) is 0 Å². The Balaban J connectivity index is 1.72. The van der Waals surface area contributed by atoms with Crippen LogP contribution in [0.15, 0.2) is 78.0 Å². The van der Waals surface area contributed by atoms with E-state index >= 15 is 0 Å². The summed E-state index contributed by atoms with van der Waals surface area (Å²) in [5, 5.41) is 22.2. The third-order valence-corrected chi connectivity index (χ3v) is 6.20. The average Bonchev–Trinajstić information content (AvgIpc) is 3.23. The lowest BCUT2D eigenvalue weighted by atomic mass is 10.2. The number of hydrogen-bond acceptors (Lipinski definition) is 6. The van der Waals surface area contributed by atoms with Crippen molar-refractivity contribution in [1.29, 1.82) is 0 Å². The molecule has 1 unspecified atom stereocenters. The minimum absolute atomic E-state index is 0.0861. The van der Waals surface area contributed by atoms with Gasteiger partial charge in [0.1, 0.15) is 11.5 Å². The van der Waals surface area contributed by atoms with E-state index < -0.39 is 5.25 Å². The molecule has 8 heteroatoms. The number of nitrogens with one attached hydrogen (secondary N) is 1. The van der Waals surface area contributed by atoms with Crippen LogP contribution in [0.5, 0.6) is 11.5 Å². The largest absolute Gasteiger partial charge is 0.507 e. The number of thioether (sulfide) groups is 1. The summed E-state index contributed by atoms with van der Waals surface area (Å²) in [5.74, 6) is 1.01. The quantitative estimate of drug-likeness (QED) is 0.374. The molecular weight excluding hydrogens is 436 g/mol. The maximum absolute atomic E-state index is 12.9. The number of rotatable bonds is 7. The van der Waals surface area contributed by atoms with Crippen LogP contribution in [0.2, 0.25) is 0 Å². The van der Waals surface area contributed by atoms with Gasteiger partial charge in [0.05, 0.1) is 23.6 Å². The first-order valence-corrected chi connectivity index (χ1v) is 11.3. The van der Waals surface area contributed by atoms with Crippen molar-refractivity contribution < 1.29 is 14.6 Å². The normalized spacial score (nSPS) is 11.7. The number of nitrogens with zero attached hydrogens (tertiary/aromatic N) is 3. The highest BCUT2D eigenvalue weighted by molar-refractivity contribution is 8.00. The van der Waals surface area contributed by atoms with Crippen LogP contribution in [0.1, 0.15) is 12.5 Å². The van der Waals surface area contributed by atoms with Gasteiger partial charge in [-0.2, -0.15) is 0 Å². The molecule has 0 aliphatic carbocycles. The second-order valence-electron chi connectivity index (χ2n) is 7.39. The number of carbonyl (C=O) groups excluding carboxylic acids is 1. The zero-order chi connectivity index (χ0) is 23.4. The zero-order valence-electron chi connectivity index (χ0n) is 18.5. The molecule has 3 aromatic carbocycles. The van der Waals surface area contributed by atoms with Gasteiger partial charge in [0.25, 0.3) is 0 Å². The van der Waals surface area contributed by atoms with Crippen LogP contribution >= 0.6 is 11.8 Å². The minimum Gasteiger partial charge on any atom is -0.507 e. The number of anilines is 1. The Morgan fingerprint density at radius 1 is 1.03 bits per heavy atom. The molecule has 0 spiro atoms. The molecule has 0 saturated heterocycles. The summed E-state index contributed by atoms with van der Waals surface area (Å²) >= 11 is 1.28. The van der Waals surface area contributed by atoms with Gasteiger partial charge in [-0.3, -0.25) is 9.36 Å². The van der Waals surface area contributed by atoms with E-state index in [1.165, 1.54) is 11.8 Å². The van der Waals surface area contributed by atoms with E-state index in [-0.39, 0.29) is 11.7 Å². The molecule has 1 heterocycles. The number of para-hydroxylation sites is 4. The number of phenols is 1. The maximum Gasteiger partial charge on any atom is 0.237 e. The molecule has 1 amide bonds. The van der Waals surface area contributed by atoms with Crippen molar-refractivity contribution in [3.8, 4) is 28.6 Å². The number of aryl methyl sites for hydroxylation is 1. The van der Waals surface area contributed by atoms with Crippen LogP contribution in [0.4, 0.5) is 5.69 Å². The molecule has 0 fully saturated rings. The standard InChI is InChI=1S/C25H24N4O3S/c1-16-10-4-6-12-19(16)26-24(31)17(2)33-25-28-27-23(18-11-5-8-14-21(18)30)29(25)20-13-7-9-15-22(20)32-3/h4-15,17,30H,1-3H3,(H,26,31). The Kier molecular flexibility index (Phi) is 6.65. The van der Waals surface area contributed by atoms with Crippen molar-refractivity contribution in [1.82, 2.24) is 14.8 Å². The van der Waals surface area contributed by atoms with Crippen LogP contribution in [-0.4, -0.2) is 38.1 Å². The van der Waals surface area contributed by atoms with E-state index in [0.29, 0.717) is 28.0 Å². The number of hydrogen-bond donors (Lipinski definition) is 2. The van der Waals surface area contributed by atoms with Gasteiger partial charge in [0.15, 0.2) is 11.0 Å². The molecule has 0 aliphatic heterocycles. The maximum atomic E-state index is 12.9. The number of amides is 1. The summed E-state index contributed by atoms with van der Waals surface area (Å²) in [6, 6.07) is 22.1. The van der Waals surface area contributed by atoms with E-state index in [1.54, 1.807) is 29.9 Å². The number of phenolic OH excluding ortho intramolecular Hbond substituents is 1. The summed E-state index contributed by atoms with van der Waals surface area (Å²) < 4.78 is 7.36. The number of benzene rings is 3.